The largest absolute Gasteiger partial charge is 0.352 e. The van der Waals surface area contributed by atoms with Crippen molar-refractivity contribution in [3.8, 4) is 0 Å². The molecule has 0 aliphatic carbocycles. The van der Waals surface area contributed by atoms with Gasteiger partial charge in [0, 0.05) is 33.3 Å². The number of rotatable bonds is 5. The third kappa shape index (κ3) is 4.17. The Bertz CT molecular complexity index is 447. The molecule has 0 aliphatic heterocycles. The highest BCUT2D eigenvalue weighted by molar-refractivity contribution is 9.10. The first-order valence-electron chi connectivity index (χ1n) is 5.48. The van der Waals surface area contributed by atoms with Crippen LogP contribution in [0.3, 0.4) is 0 Å². The maximum absolute atomic E-state index is 13.5. The summed E-state index contributed by atoms with van der Waals surface area (Å²) >= 11 is 3.14. The summed E-state index contributed by atoms with van der Waals surface area (Å²) in [5, 5.41) is 2.63. The molecule has 0 fully saturated rings. The average molecular weight is 336 g/mol. The molecule has 1 aromatic carbocycles. The minimum Gasteiger partial charge on any atom is -0.352 e. The molecule has 1 aromatic rings. The van der Waals surface area contributed by atoms with E-state index in [9.17, 15) is 13.4 Å². The smallest absolute Gasteiger partial charge is 0.255 e. The minimum atomic E-state index is -0.913. The minimum absolute atomic E-state index is 0.00257. The van der Waals surface area contributed by atoms with Crippen molar-refractivity contribution in [3.05, 3.63) is 34.1 Å². The highest BCUT2D eigenvalue weighted by Crippen LogP contribution is 2.19. The van der Waals surface area contributed by atoms with Gasteiger partial charge in [0.2, 0.25) is 0 Å². The summed E-state index contributed by atoms with van der Waals surface area (Å²) in [6, 6.07) is 4.38. The predicted octanol–water partition coefficient (Wildman–Crippen LogP) is 2.48. The van der Waals surface area contributed by atoms with Crippen molar-refractivity contribution in [2.75, 3.05) is 12.8 Å². The number of nitrogens with one attached hydrogen (secondary N) is 1. The molecule has 0 aromatic heterocycles. The monoisotopic (exact) mass is 335 g/mol. The van der Waals surface area contributed by atoms with Crippen molar-refractivity contribution in [2.24, 2.45) is 0 Å². The molecule has 18 heavy (non-hydrogen) atoms. The van der Waals surface area contributed by atoms with Gasteiger partial charge in [0.15, 0.2) is 0 Å². The van der Waals surface area contributed by atoms with Crippen molar-refractivity contribution in [1.82, 2.24) is 5.32 Å². The maximum atomic E-state index is 13.5. The molecular formula is C12H15BrFNO2S. The van der Waals surface area contributed by atoms with Crippen LogP contribution in [-0.4, -0.2) is 28.2 Å². The average Bonchev–Trinajstić information content (AvgIpc) is 2.28. The van der Waals surface area contributed by atoms with E-state index >= 15 is 0 Å². The Hall–Kier alpha value is -0.750. The zero-order valence-corrected chi connectivity index (χ0v) is 12.6. The number of amides is 1. The molecule has 2 atom stereocenters. The van der Waals surface area contributed by atoms with Crippen molar-refractivity contribution in [2.45, 2.75) is 18.6 Å². The molecule has 1 N–H and O–H groups in total. The number of carbonyl (C=O) groups excluding carboxylic acids is 1. The predicted molar refractivity (Wildman–Crippen MR) is 74.6 cm³/mol. The second-order valence-electron chi connectivity index (χ2n) is 3.95. The molecule has 0 spiro atoms. The molecule has 0 heterocycles. The summed E-state index contributed by atoms with van der Waals surface area (Å²) in [5.41, 5.74) is 0.00257. The van der Waals surface area contributed by atoms with Crippen LogP contribution in [-0.2, 0) is 10.8 Å². The van der Waals surface area contributed by atoms with Crippen LogP contribution in [0.25, 0.3) is 0 Å². The van der Waals surface area contributed by atoms with Gasteiger partial charge in [-0.3, -0.25) is 9.00 Å². The lowest BCUT2D eigenvalue weighted by Gasteiger charge is -2.10. The standard InChI is InChI=1S/C12H15BrFNO2S/c1-8(18(2)17)6-7-15-12(16)11-9(13)4-3-5-10(11)14/h3-5,8H,6-7H2,1-2H3,(H,15,16). The Morgan fingerprint density at radius 2 is 2.22 bits per heavy atom. The zero-order chi connectivity index (χ0) is 13.7. The number of hydrogen-bond acceptors (Lipinski definition) is 2. The van der Waals surface area contributed by atoms with E-state index in [2.05, 4.69) is 21.2 Å². The normalized spacial score (nSPS) is 14.0. The maximum Gasteiger partial charge on any atom is 0.255 e. The van der Waals surface area contributed by atoms with Crippen LogP contribution in [0.4, 0.5) is 4.39 Å². The fourth-order valence-electron chi connectivity index (χ4n) is 1.36. The second kappa shape index (κ2) is 6.99. The van der Waals surface area contributed by atoms with Gasteiger partial charge in [0.25, 0.3) is 5.91 Å². The number of halogens is 2. The molecule has 6 heteroatoms. The van der Waals surface area contributed by atoms with Gasteiger partial charge in [-0.2, -0.15) is 0 Å². The SMILES string of the molecule is CC(CCNC(=O)c1c(F)cccc1Br)S(C)=O. The lowest BCUT2D eigenvalue weighted by molar-refractivity contribution is 0.0948. The van der Waals surface area contributed by atoms with Crippen LogP contribution in [0, 0.1) is 5.82 Å². The number of carbonyl (C=O) groups is 1. The van der Waals surface area contributed by atoms with E-state index in [0.29, 0.717) is 17.4 Å². The first-order chi connectivity index (χ1) is 8.43. The molecule has 0 saturated heterocycles. The molecule has 0 radical (unpaired) electrons. The quantitative estimate of drug-likeness (QED) is 0.898. The van der Waals surface area contributed by atoms with Gasteiger partial charge >= 0.3 is 0 Å². The van der Waals surface area contributed by atoms with E-state index in [0.717, 1.165) is 0 Å². The highest BCUT2D eigenvalue weighted by atomic mass is 79.9. The molecule has 0 bridgehead atoms. The van der Waals surface area contributed by atoms with E-state index in [4.69, 9.17) is 0 Å². The van der Waals surface area contributed by atoms with Gasteiger partial charge in [0.05, 0.1) is 5.56 Å². The Kier molecular flexibility index (Phi) is 5.95. The van der Waals surface area contributed by atoms with Crippen LogP contribution in [0.2, 0.25) is 0 Å². The highest BCUT2D eigenvalue weighted by Gasteiger charge is 2.15. The Labute approximate surface area is 117 Å². The first-order valence-corrected chi connectivity index (χ1v) is 7.89. The summed E-state index contributed by atoms with van der Waals surface area (Å²) in [6.45, 7) is 2.22. The molecule has 0 aliphatic rings. The van der Waals surface area contributed by atoms with Gasteiger partial charge in [-0.1, -0.05) is 13.0 Å². The van der Waals surface area contributed by atoms with Crippen molar-refractivity contribution in [3.63, 3.8) is 0 Å². The molecule has 2 unspecified atom stereocenters. The van der Waals surface area contributed by atoms with Gasteiger partial charge in [-0.25, -0.2) is 4.39 Å². The number of benzene rings is 1. The fraction of sp³-hybridized carbons (Fsp3) is 0.417. The van der Waals surface area contributed by atoms with E-state index in [1.807, 2.05) is 6.92 Å². The zero-order valence-electron chi connectivity index (χ0n) is 10.2. The van der Waals surface area contributed by atoms with Crippen molar-refractivity contribution < 1.29 is 13.4 Å². The van der Waals surface area contributed by atoms with Crippen molar-refractivity contribution in [1.29, 1.82) is 0 Å². The van der Waals surface area contributed by atoms with Gasteiger partial charge in [-0.05, 0) is 34.5 Å². The summed E-state index contributed by atoms with van der Waals surface area (Å²) in [6.07, 6.45) is 2.22. The van der Waals surface area contributed by atoms with Crippen LogP contribution in [0.1, 0.15) is 23.7 Å². The third-order valence-electron chi connectivity index (χ3n) is 2.59. The summed E-state index contributed by atoms with van der Waals surface area (Å²) < 4.78 is 25.0. The van der Waals surface area contributed by atoms with Gasteiger partial charge in [0.1, 0.15) is 5.82 Å². The first kappa shape index (κ1) is 15.3. The Morgan fingerprint density at radius 1 is 1.56 bits per heavy atom. The Balaban J connectivity index is 2.59. The van der Waals surface area contributed by atoms with E-state index < -0.39 is 22.5 Å². The van der Waals surface area contributed by atoms with Crippen molar-refractivity contribution >= 4 is 32.6 Å². The topological polar surface area (TPSA) is 46.2 Å². The summed E-state index contributed by atoms with van der Waals surface area (Å²) in [5.74, 6) is -1.02. The summed E-state index contributed by atoms with van der Waals surface area (Å²) in [7, 11) is -0.913. The van der Waals surface area contributed by atoms with E-state index in [1.165, 1.54) is 12.1 Å². The van der Waals surface area contributed by atoms with Gasteiger partial charge in [-0.15, -0.1) is 0 Å². The lowest BCUT2D eigenvalue weighted by atomic mass is 10.2. The molecule has 3 nitrogen and oxygen atoms in total. The van der Waals surface area contributed by atoms with E-state index in [1.54, 1.807) is 12.3 Å². The lowest BCUT2D eigenvalue weighted by Crippen LogP contribution is -2.28. The molecular weight excluding hydrogens is 321 g/mol. The number of hydrogen-bond donors (Lipinski definition) is 1. The third-order valence-corrected chi connectivity index (χ3v) is 4.62. The Morgan fingerprint density at radius 3 is 2.78 bits per heavy atom. The fourth-order valence-corrected chi connectivity index (χ4v) is 2.33. The molecule has 1 rings (SSSR count). The van der Waals surface area contributed by atoms with Gasteiger partial charge < -0.3 is 5.32 Å². The molecule has 100 valence electrons. The second-order valence-corrected chi connectivity index (χ2v) is 6.61. The van der Waals surface area contributed by atoms with Crippen LogP contribution in [0.5, 0.6) is 0 Å². The summed E-state index contributed by atoms with van der Waals surface area (Å²) in [4.78, 5) is 11.8. The molecule has 1 amide bonds. The van der Waals surface area contributed by atoms with Crippen LogP contribution in [0.15, 0.2) is 22.7 Å². The molecule has 0 saturated carbocycles. The van der Waals surface area contributed by atoms with E-state index in [-0.39, 0.29) is 10.8 Å². The van der Waals surface area contributed by atoms with Crippen LogP contribution < -0.4 is 5.32 Å². The van der Waals surface area contributed by atoms with Crippen LogP contribution >= 0.6 is 15.9 Å².